The van der Waals surface area contributed by atoms with Crippen LogP contribution in [-0.2, 0) is 11.3 Å². The second kappa shape index (κ2) is 10.8. The number of amides is 3. The third kappa shape index (κ3) is 5.76. The Morgan fingerprint density at radius 3 is 2.47 bits per heavy atom. The molecule has 2 aliphatic rings. The van der Waals surface area contributed by atoms with Gasteiger partial charge in [0.1, 0.15) is 0 Å². The fourth-order valence-electron chi connectivity index (χ4n) is 4.57. The summed E-state index contributed by atoms with van der Waals surface area (Å²) in [6.45, 7) is 1.58. The molecule has 170 valence electrons. The molecule has 0 radical (unpaired) electrons. The van der Waals surface area contributed by atoms with Crippen LogP contribution in [0, 0.1) is 5.92 Å². The molecule has 1 saturated carbocycles. The van der Waals surface area contributed by atoms with Gasteiger partial charge in [0, 0.05) is 31.2 Å². The van der Waals surface area contributed by atoms with E-state index in [4.69, 9.17) is 0 Å². The van der Waals surface area contributed by atoms with Gasteiger partial charge in [-0.1, -0.05) is 37.5 Å². The van der Waals surface area contributed by atoms with Crippen molar-refractivity contribution in [2.45, 2.75) is 57.5 Å². The molecule has 1 aromatic carbocycles. The molecule has 1 aliphatic carbocycles. The number of nitrogens with zero attached hydrogens (tertiary/aromatic N) is 1. The summed E-state index contributed by atoms with van der Waals surface area (Å²) < 4.78 is 0. The summed E-state index contributed by atoms with van der Waals surface area (Å²) in [7, 11) is 0. The monoisotopic (exact) mass is 453 g/mol. The minimum absolute atomic E-state index is 0.0330. The maximum Gasteiger partial charge on any atom is 0.261 e. The molecule has 2 heterocycles. The van der Waals surface area contributed by atoms with Gasteiger partial charge in [0.2, 0.25) is 5.91 Å². The van der Waals surface area contributed by atoms with Gasteiger partial charge in [-0.25, -0.2) is 0 Å². The third-order valence-electron chi connectivity index (χ3n) is 6.43. The number of likely N-dealkylation sites (tertiary alicyclic amines) is 1. The quantitative estimate of drug-likeness (QED) is 0.694. The molecule has 2 N–H and O–H groups in total. The van der Waals surface area contributed by atoms with Gasteiger partial charge in [-0.05, 0) is 54.8 Å². The van der Waals surface area contributed by atoms with Gasteiger partial charge in [0.05, 0.1) is 10.8 Å². The molecule has 1 aliphatic heterocycles. The molecule has 2 aromatic rings. The summed E-state index contributed by atoms with van der Waals surface area (Å²) in [5.74, 6) is -0.145. The first kappa shape index (κ1) is 22.5. The third-order valence-corrected chi connectivity index (χ3v) is 7.30. The van der Waals surface area contributed by atoms with Crippen molar-refractivity contribution in [3.8, 4) is 0 Å². The van der Waals surface area contributed by atoms with Gasteiger partial charge >= 0.3 is 0 Å². The summed E-state index contributed by atoms with van der Waals surface area (Å²) in [5.41, 5.74) is 1.56. The van der Waals surface area contributed by atoms with E-state index >= 15 is 0 Å². The molecule has 7 heteroatoms. The second-order valence-corrected chi connectivity index (χ2v) is 9.74. The highest BCUT2D eigenvalue weighted by atomic mass is 32.1. The van der Waals surface area contributed by atoms with Gasteiger partial charge in [0.25, 0.3) is 11.8 Å². The molecule has 1 unspecified atom stereocenters. The van der Waals surface area contributed by atoms with E-state index in [1.54, 1.807) is 18.2 Å². The number of benzene rings is 1. The second-order valence-electron chi connectivity index (χ2n) is 8.79. The molecule has 0 bridgehead atoms. The van der Waals surface area contributed by atoms with Crippen molar-refractivity contribution in [3.05, 3.63) is 57.8 Å². The maximum atomic E-state index is 13.0. The average molecular weight is 454 g/mol. The van der Waals surface area contributed by atoms with E-state index in [0.29, 0.717) is 36.1 Å². The zero-order valence-corrected chi connectivity index (χ0v) is 19.2. The van der Waals surface area contributed by atoms with Crippen LogP contribution in [-0.4, -0.2) is 41.8 Å². The van der Waals surface area contributed by atoms with Crippen molar-refractivity contribution in [2.75, 3.05) is 13.1 Å². The fourth-order valence-corrected chi connectivity index (χ4v) is 5.21. The summed E-state index contributed by atoms with van der Waals surface area (Å²) in [5, 5.41) is 7.99. The maximum absolute atomic E-state index is 13.0. The molecule has 1 saturated heterocycles. The van der Waals surface area contributed by atoms with Crippen molar-refractivity contribution in [2.24, 2.45) is 5.92 Å². The molecule has 32 heavy (non-hydrogen) atoms. The number of hydrogen-bond acceptors (Lipinski definition) is 4. The average Bonchev–Trinajstić information content (AvgIpc) is 3.38. The number of thiophene rings is 1. The van der Waals surface area contributed by atoms with Crippen molar-refractivity contribution in [3.63, 3.8) is 0 Å². The van der Waals surface area contributed by atoms with Crippen molar-refractivity contribution >= 4 is 29.1 Å². The minimum Gasteiger partial charge on any atom is -0.353 e. The standard InChI is InChI=1S/C25H31N3O3S/c29-23(27-21-7-2-1-3-8-21)20-6-4-14-28(17-20)25(31)19-12-10-18(11-13-19)16-26-24(30)22-9-5-15-32-22/h5,9-13,15,20-21H,1-4,6-8,14,16-17H2,(H,26,30)(H,27,29). The van der Waals surface area contributed by atoms with E-state index in [0.717, 1.165) is 31.2 Å². The highest BCUT2D eigenvalue weighted by Crippen LogP contribution is 2.22. The Hall–Kier alpha value is -2.67. The fraction of sp³-hybridized carbons (Fsp3) is 0.480. The SMILES string of the molecule is O=C(NCc1ccc(C(=O)N2CCCC(C(=O)NC3CCCCC3)C2)cc1)c1cccs1. The summed E-state index contributed by atoms with van der Waals surface area (Å²) in [6.07, 6.45) is 7.47. The number of nitrogens with one attached hydrogen (secondary N) is 2. The Morgan fingerprint density at radius 2 is 1.75 bits per heavy atom. The van der Waals surface area contributed by atoms with Crippen LogP contribution in [0.25, 0.3) is 0 Å². The Balaban J connectivity index is 1.29. The molecule has 3 amide bonds. The summed E-state index contributed by atoms with van der Waals surface area (Å²) in [4.78, 5) is 40.3. The number of carbonyl (C=O) groups is 3. The first-order valence-corrected chi connectivity index (χ1v) is 12.5. The Kier molecular flexibility index (Phi) is 7.58. The van der Waals surface area contributed by atoms with E-state index in [2.05, 4.69) is 10.6 Å². The number of piperidine rings is 1. The first-order chi connectivity index (χ1) is 15.6. The predicted octanol–water partition coefficient (Wildman–Crippen LogP) is 3.98. The van der Waals surface area contributed by atoms with Crippen molar-refractivity contribution in [1.82, 2.24) is 15.5 Å². The van der Waals surface area contributed by atoms with Crippen LogP contribution in [0.4, 0.5) is 0 Å². The zero-order valence-electron chi connectivity index (χ0n) is 18.3. The van der Waals surface area contributed by atoms with Crippen LogP contribution < -0.4 is 10.6 Å². The van der Waals surface area contributed by atoms with Gasteiger partial charge < -0.3 is 15.5 Å². The highest BCUT2D eigenvalue weighted by Gasteiger charge is 2.30. The van der Waals surface area contributed by atoms with E-state index in [9.17, 15) is 14.4 Å². The smallest absolute Gasteiger partial charge is 0.261 e. The van der Waals surface area contributed by atoms with Crippen LogP contribution in [0.3, 0.4) is 0 Å². The lowest BCUT2D eigenvalue weighted by Gasteiger charge is -2.33. The molecule has 2 fully saturated rings. The van der Waals surface area contributed by atoms with Crippen molar-refractivity contribution < 1.29 is 14.4 Å². The zero-order chi connectivity index (χ0) is 22.3. The molecule has 1 atom stereocenters. The van der Waals surface area contributed by atoms with Gasteiger partial charge in [0.15, 0.2) is 0 Å². The van der Waals surface area contributed by atoms with Gasteiger partial charge in [-0.2, -0.15) is 0 Å². The lowest BCUT2D eigenvalue weighted by atomic mass is 9.92. The topological polar surface area (TPSA) is 78.5 Å². The highest BCUT2D eigenvalue weighted by molar-refractivity contribution is 7.12. The van der Waals surface area contributed by atoms with Crippen molar-refractivity contribution in [1.29, 1.82) is 0 Å². The van der Waals surface area contributed by atoms with Gasteiger partial charge in [-0.3, -0.25) is 14.4 Å². The van der Waals surface area contributed by atoms with Crippen LogP contribution in [0.2, 0.25) is 0 Å². The Morgan fingerprint density at radius 1 is 0.969 bits per heavy atom. The summed E-state index contributed by atoms with van der Waals surface area (Å²) in [6, 6.07) is 11.3. The van der Waals surface area contributed by atoms with Crippen LogP contribution >= 0.6 is 11.3 Å². The molecular weight excluding hydrogens is 422 g/mol. The Labute approximate surface area is 193 Å². The largest absolute Gasteiger partial charge is 0.353 e. The molecule has 4 rings (SSSR count). The number of rotatable bonds is 6. The molecule has 1 aromatic heterocycles. The molecule has 6 nitrogen and oxygen atoms in total. The predicted molar refractivity (Wildman–Crippen MR) is 126 cm³/mol. The van der Waals surface area contributed by atoms with E-state index in [-0.39, 0.29) is 23.6 Å². The summed E-state index contributed by atoms with van der Waals surface area (Å²) >= 11 is 1.41. The normalized spacial score (nSPS) is 19.4. The van der Waals surface area contributed by atoms with E-state index in [1.807, 2.05) is 28.5 Å². The number of hydrogen-bond donors (Lipinski definition) is 2. The van der Waals surface area contributed by atoms with E-state index in [1.165, 1.54) is 30.6 Å². The minimum atomic E-state index is -0.124. The Bertz CT molecular complexity index is 920. The van der Waals surface area contributed by atoms with Gasteiger partial charge in [-0.15, -0.1) is 11.3 Å². The number of carbonyl (C=O) groups excluding carboxylic acids is 3. The first-order valence-electron chi connectivity index (χ1n) is 11.6. The molecular formula is C25H31N3O3S. The van der Waals surface area contributed by atoms with E-state index < -0.39 is 0 Å². The van der Waals surface area contributed by atoms with Crippen LogP contribution in [0.5, 0.6) is 0 Å². The lowest BCUT2D eigenvalue weighted by Crippen LogP contribution is -2.47. The van der Waals surface area contributed by atoms with Crippen LogP contribution in [0.1, 0.15) is 70.5 Å². The van der Waals surface area contributed by atoms with Crippen LogP contribution in [0.15, 0.2) is 41.8 Å². The molecule has 0 spiro atoms. The lowest BCUT2D eigenvalue weighted by molar-refractivity contribution is -0.127.